The van der Waals surface area contributed by atoms with Crippen molar-refractivity contribution in [3.63, 3.8) is 0 Å². The second-order valence-corrected chi connectivity index (χ2v) is 5.42. The van der Waals surface area contributed by atoms with Crippen molar-refractivity contribution in [2.45, 2.75) is 0 Å². The molecule has 1 aromatic heterocycles. The maximum Gasteiger partial charge on any atom is 0.379 e. The van der Waals surface area contributed by atoms with E-state index in [0.29, 0.717) is 22.7 Å². The minimum atomic E-state index is -0.622. The molecule has 1 amide bonds. The largest absolute Gasteiger partial charge is 0.493 e. The summed E-state index contributed by atoms with van der Waals surface area (Å²) in [5, 5.41) is 2.75. The monoisotopic (exact) mass is 367 g/mol. The van der Waals surface area contributed by atoms with E-state index in [9.17, 15) is 9.59 Å². The quantitative estimate of drug-likeness (QED) is 0.527. The summed E-state index contributed by atoms with van der Waals surface area (Å²) in [6.07, 6.45) is 1.39. The molecule has 1 N–H and O–H groups in total. The standard InChI is InChI=1S/C20H17NO6/c1-24-16-9-8-13(11-18(16)25-2)19(22)21-14-5-3-6-15(12-14)27-20(23)17-7-4-10-26-17/h3-12H,1-2H3,(H,21,22). The molecule has 0 fully saturated rings. The molecule has 0 bridgehead atoms. The second kappa shape index (κ2) is 8.09. The van der Waals surface area contributed by atoms with Crippen molar-refractivity contribution >= 4 is 17.6 Å². The average molecular weight is 367 g/mol. The third kappa shape index (κ3) is 4.27. The molecule has 0 atom stereocenters. The molecule has 3 aromatic rings. The maximum atomic E-state index is 12.5. The first-order valence-corrected chi connectivity index (χ1v) is 8.00. The molecule has 0 aliphatic heterocycles. The molecular weight excluding hydrogens is 350 g/mol. The van der Waals surface area contributed by atoms with Crippen LogP contribution in [0.1, 0.15) is 20.9 Å². The normalized spacial score (nSPS) is 10.1. The van der Waals surface area contributed by atoms with Gasteiger partial charge in [-0.25, -0.2) is 4.79 Å². The van der Waals surface area contributed by atoms with Gasteiger partial charge in [0.25, 0.3) is 5.91 Å². The van der Waals surface area contributed by atoms with Crippen LogP contribution in [0.25, 0.3) is 0 Å². The highest BCUT2D eigenvalue weighted by molar-refractivity contribution is 6.04. The Bertz CT molecular complexity index is 949. The van der Waals surface area contributed by atoms with Gasteiger partial charge in [-0.2, -0.15) is 0 Å². The van der Waals surface area contributed by atoms with Gasteiger partial charge >= 0.3 is 5.97 Å². The summed E-state index contributed by atoms with van der Waals surface area (Å²) in [6.45, 7) is 0. The summed E-state index contributed by atoms with van der Waals surface area (Å²) < 4.78 is 20.6. The maximum absolute atomic E-state index is 12.5. The number of nitrogens with one attached hydrogen (secondary N) is 1. The molecule has 1 heterocycles. The minimum Gasteiger partial charge on any atom is -0.493 e. The van der Waals surface area contributed by atoms with Crippen LogP contribution >= 0.6 is 0 Å². The Hall–Kier alpha value is -3.74. The minimum absolute atomic E-state index is 0.0924. The lowest BCUT2D eigenvalue weighted by Crippen LogP contribution is -2.12. The predicted molar refractivity (Wildman–Crippen MR) is 97.6 cm³/mol. The summed E-state index contributed by atoms with van der Waals surface area (Å²) >= 11 is 0. The van der Waals surface area contributed by atoms with E-state index in [0.717, 1.165) is 0 Å². The Morgan fingerprint density at radius 1 is 0.926 bits per heavy atom. The zero-order valence-corrected chi connectivity index (χ0v) is 14.7. The number of amides is 1. The van der Waals surface area contributed by atoms with Crippen LogP contribution in [-0.2, 0) is 0 Å². The van der Waals surface area contributed by atoms with Crippen LogP contribution in [0.3, 0.4) is 0 Å². The number of benzene rings is 2. The number of hydrogen-bond acceptors (Lipinski definition) is 6. The predicted octanol–water partition coefficient (Wildman–Crippen LogP) is 3.77. The molecule has 138 valence electrons. The first kappa shape index (κ1) is 18.1. The Morgan fingerprint density at radius 3 is 2.44 bits per heavy atom. The van der Waals surface area contributed by atoms with Crippen molar-refractivity contribution in [1.82, 2.24) is 0 Å². The topological polar surface area (TPSA) is 87.0 Å². The summed E-state index contributed by atoms with van der Waals surface area (Å²) in [6, 6.07) is 14.4. The molecule has 7 nitrogen and oxygen atoms in total. The molecule has 0 saturated heterocycles. The van der Waals surface area contributed by atoms with E-state index in [1.807, 2.05) is 0 Å². The molecule has 0 spiro atoms. The van der Waals surface area contributed by atoms with Crippen LogP contribution in [0.5, 0.6) is 17.2 Å². The molecule has 3 rings (SSSR count). The van der Waals surface area contributed by atoms with Gasteiger partial charge in [-0.3, -0.25) is 4.79 Å². The van der Waals surface area contributed by atoms with Crippen LogP contribution in [0.15, 0.2) is 65.3 Å². The second-order valence-electron chi connectivity index (χ2n) is 5.42. The van der Waals surface area contributed by atoms with E-state index in [1.165, 1.54) is 26.5 Å². The van der Waals surface area contributed by atoms with Gasteiger partial charge in [0.05, 0.1) is 20.5 Å². The van der Waals surface area contributed by atoms with Gasteiger partial charge in [-0.05, 0) is 42.5 Å². The highest BCUT2D eigenvalue weighted by Crippen LogP contribution is 2.28. The zero-order chi connectivity index (χ0) is 19.2. The first-order valence-electron chi connectivity index (χ1n) is 8.00. The van der Waals surface area contributed by atoms with Gasteiger partial charge in [0, 0.05) is 17.3 Å². The van der Waals surface area contributed by atoms with Crippen LogP contribution in [0.2, 0.25) is 0 Å². The molecule has 2 aromatic carbocycles. The summed E-state index contributed by atoms with van der Waals surface area (Å²) in [5.41, 5.74) is 0.866. The Balaban J connectivity index is 1.72. The van der Waals surface area contributed by atoms with Crippen molar-refractivity contribution in [2.75, 3.05) is 19.5 Å². The number of rotatable bonds is 6. The number of esters is 1. The fourth-order valence-electron chi connectivity index (χ4n) is 2.37. The lowest BCUT2D eigenvalue weighted by molar-refractivity contribution is 0.0701. The van der Waals surface area contributed by atoms with Crippen LogP contribution in [0.4, 0.5) is 5.69 Å². The fraction of sp³-hybridized carbons (Fsp3) is 0.100. The highest BCUT2D eigenvalue weighted by Gasteiger charge is 2.13. The average Bonchev–Trinajstić information content (AvgIpc) is 3.22. The third-order valence-corrected chi connectivity index (χ3v) is 3.67. The van der Waals surface area contributed by atoms with E-state index in [1.54, 1.807) is 48.5 Å². The highest BCUT2D eigenvalue weighted by atomic mass is 16.5. The SMILES string of the molecule is COc1ccc(C(=O)Nc2cccc(OC(=O)c3ccco3)c2)cc1OC. The van der Waals surface area contributed by atoms with E-state index in [4.69, 9.17) is 18.6 Å². The summed E-state index contributed by atoms with van der Waals surface area (Å²) in [7, 11) is 3.02. The van der Waals surface area contributed by atoms with Crippen molar-refractivity contribution in [3.05, 3.63) is 72.2 Å². The van der Waals surface area contributed by atoms with Crippen molar-refractivity contribution in [1.29, 1.82) is 0 Å². The van der Waals surface area contributed by atoms with Gasteiger partial charge in [0.1, 0.15) is 5.75 Å². The molecular formula is C20H17NO6. The molecule has 0 radical (unpaired) electrons. The van der Waals surface area contributed by atoms with E-state index < -0.39 is 5.97 Å². The van der Waals surface area contributed by atoms with Crippen molar-refractivity contribution < 1.29 is 28.2 Å². The van der Waals surface area contributed by atoms with Gasteiger partial charge in [0.2, 0.25) is 5.76 Å². The number of furan rings is 1. The zero-order valence-electron chi connectivity index (χ0n) is 14.7. The van der Waals surface area contributed by atoms with Gasteiger partial charge in [-0.1, -0.05) is 6.07 Å². The third-order valence-electron chi connectivity index (χ3n) is 3.67. The smallest absolute Gasteiger partial charge is 0.379 e. The number of ether oxygens (including phenoxy) is 3. The van der Waals surface area contributed by atoms with E-state index in [2.05, 4.69) is 5.32 Å². The summed E-state index contributed by atoms with van der Waals surface area (Å²) in [4.78, 5) is 24.4. The van der Waals surface area contributed by atoms with E-state index >= 15 is 0 Å². The van der Waals surface area contributed by atoms with Gasteiger partial charge in [-0.15, -0.1) is 0 Å². The Kier molecular flexibility index (Phi) is 5.41. The molecule has 0 aliphatic rings. The molecule has 0 aliphatic carbocycles. The number of carbonyl (C=O) groups is 2. The number of methoxy groups -OCH3 is 2. The summed E-state index contributed by atoms with van der Waals surface area (Å²) in [5.74, 6) is 0.386. The fourth-order valence-corrected chi connectivity index (χ4v) is 2.37. The van der Waals surface area contributed by atoms with Gasteiger partial charge in [0.15, 0.2) is 11.5 Å². The molecule has 7 heteroatoms. The van der Waals surface area contributed by atoms with Crippen LogP contribution in [-0.4, -0.2) is 26.1 Å². The Morgan fingerprint density at radius 2 is 1.74 bits per heavy atom. The van der Waals surface area contributed by atoms with Crippen LogP contribution in [0, 0.1) is 0 Å². The van der Waals surface area contributed by atoms with Crippen molar-refractivity contribution in [3.8, 4) is 17.2 Å². The Labute approximate surface area is 155 Å². The molecule has 0 saturated carbocycles. The van der Waals surface area contributed by atoms with E-state index in [-0.39, 0.29) is 17.4 Å². The number of anilines is 1. The lowest BCUT2D eigenvalue weighted by Gasteiger charge is -2.10. The van der Waals surface area contributed by atoms with Crippen LogP contribution < -0.4 is 19.5 Å². The number of carbonyl (C=O) groups excluding carboxylic acids is 2. The first-order chi connectivity index (χ1) is 13.1. The van der Waals surface area contributed by atoms with Crippen molar-refractivity contribution in [2.24, 2.45) is 0 Å². The molecule has 27 heavy (non-hydrogen) atoms. The molecule has 0 unspecified atom stereocenters. The van der Waals surface area contributed by atoms with Gasteiger partial charge < -0.3 is 23.9 Å². The lowest BCUT2D eigenvalue weighted by atomic mass is 10.2. The number of hydrogen-bond donors (Lipinski definition) is 1.